The Kier molecular flexibility index (Phi) is 3.75. The summed E-state index contributed by atoms with van der Waals surface area (Å²) in [5, 5.41) is 0. The molecule has 19 heavy (non-hydrogen) atoms. The maximum atomic E-state index is 5.43. The lowest BCUT2D eigenvalue weighted by Gasteiger charge is -2.29. The van der Waals surface area contributed by atoms with E-state index in [1.54, 1.807) is 0 Å². The zero-order chi connectivity index (χ0) is 13.2. The number of aromatic nitrogens is 2. The van der Waals surface area contributed by atoms with Gasteiger partial charge in [0.15, 0.2) is 5.65 Å². The van der Waals surface area contributed by atoms with Crippen LogP contribution in [0.15, 0.2) is 22.9 Å². The largest absolute Gasteiger partial charge is 0.378 e. The first kappa shape index (κ1) is 12.9. The first-order valence-corrected chi connectivity index (χ1v) is 7.57. The summed E-state index contributed by atoms with van der Waals surface area (Å²) in [5.74, 6) is 0. The number of hydrogen-bond donors (Lipinski definition) is 0. The van der Waals surface area contributed by atoms with Crippen molar-refractivity contribution >= 4 is 27.3 Å². The predicted octanol–water partition coefficient (Wildman–Crippen LogP) is 2.89. The number of aryl methyl sites for hydroxylation is 1. The van der Waals surface area contributed by atoms with Gasteiger partial charge in [-0.1, -0.05) is 13.3 Å². The summed E-state index contributed by atoms with van der Waals surface area (Å²) < 4.78 is 8.64. The molecular weight excluding hydrogens is 306 g/mol. The average Bonchev–Trinajstić information content (AvgIpc) is 2.81. The number of nitrogens with zero attached hydrogens (tertiary/aromatic N) is 3. The van der Waals surface area contributed by atoms with Crippen molar-refractivity contribution in [3.05, 3.63) is 28.6 Å². The Balaban J connectivity index is 2.05. The first-order valence-electron chi connectivity index (χ1n) is 6.77. The van der Waals surface area contributed by atoms with Crippen molar-refractivity contribution in [1.29, 1.82) is 0 Å². The van der Waals surface area contributed by atoms with Crippen LogP contribution >= 0.6 is 15.9 Å². The van der Waals surface area contributed by atoms with E-state index in [0.29, 0.717) is 0 Å². The van der Waals surface area contributed by atoms with Crippen LogP contribution in [0.1, 0.15) is 19.0 Å². The normalized spacial score (nSPS) is 16.2. The third-order valence-electron chi connectivity index (χ3n) is 3.41. The molecule has 1 aliphatic heterocycles. The fourth-order valence-electron chi connectivity index (χ4n) is 2.51. The smallest absolute Gasteiger partial charge is 0.160 e. The van der Waals surface area contributed by atoms with Gasteiger partial charge < -0.3 is 14.0 Å². The Bertz CT molecular complexity index is 575. The van der Waals surface area contributed by atoms with Crippen LogP contribution in [0.3, 0.4) is 0 Å². The molecule has 0 aliphatic carbocycles. The zero-order valence-corrected chi connectivity index (χ0v) is 12.7. The second kappa shape index (κ2) is 5.51. The van der Waals surface area contributed by atoms with Gasteiger partial charge in [0.05, 0.1) is 24.6 Å². The Hall–Kier alpha value is -1.07. The molecule has 1 saturated heterocycles. The monoisotopic (exact) mass is 323 g/mol. The minimum Gasteiger partial charge on any atom is -0.378 e. The van der Waals surface area contributed by atoms with E-state index in [-0.39, 0.29) is 0 Å². The third kappa shape index (κ3) is 2.62. The molecule has 0 N–H and O–H groups in total. The number of halogens is 1. The van der Waals surface area contributed by atoms with Crippen LogP contribution in [0.25, 0.3) is 5.65 Å². The Morgan fingerprint density at radius 1 is 1.32 bits per heavy atom. The Morgan fingerprint density at radius 3 is 2.84 bits per heavy atom. The van der Waals surface area contributed by atoms with E-state index in [1.807, 2.05) is 0 Å². The van der Waals surface area contributed by atoms with Crippen molar-refractivity contribution in [3.8, 4) is 0 Å². The minimum absolute atomic E-state index is 0.793. The number of hydrogen-bond acceptors (Lipinski definition) is 3. The van der Waals surface area contributed by atoms with Crippen LogP contribution in [0.2, 0.25) is 0 Å². The molecule has 0 spiro atoms. The zero-order valence-electron chi connectivity index (χ0n) is 11.1. The number of pyridine rings is 1. The SMILES string of the molecule is CCCc1cn2cc(Br)cc(N3CCOCC3)c2n1. The van der Waals surface area contributed by atoms with Crippen molar-refractivity contribution in [1.82, 2.24) is 9.38 Å². The van der Waals surface area contributed by atoms with Crippen molar-refractivity contribution in [2.75, 3.05) is 31.2 Å². The molecule has 0 amide bonds. The van der Waals surface area contributed by atoms with Gasteiger partial charge >= 0.3 is 0 Å². The number of imidazole rings is 1. The summed E-state index contributed by atoms with van der Waals surface area (Å²) in [5.41, 5.74) is 3.41. The molecule has 0 bridgehead atoms. The molecule has 5 heteroatoms. The van der Waals surface area contributed by atoms with E-state index < -0.39 is 0 Å². The summed E-state index contributed by atoms with van der Waals surface area (Å²) in [6.45, 7) is 5.63. The maximum absolute atomic E-state index is 5.43. The molecule has 3 rings (SSSR count). The van der Waals surface area contributed by atoms with Gasteiger partial charge in [-0.2, -0.15) is 0 Å². The highest BCUT2D eigenvalue weighted by molar-refractivity contribution is 9.10. The van der Waals surface area contributed by atoms with Gasteiger partial charge in [0.1, 0.15) is 0 Å². The van der Waals surface area contributed by atoms with Crippen LogP contribution < -0.4 is 4.90 Å². The van der Waals surface area contributed by atoms with Crippen LogP contribution in [0.5, 0.6) is 0 Å². The molecule has 1 aliphatic rings. The van der Waals surface area contributed by atoms with E-state index in [9.17, 15) is 0 Å². The molecule has 3 heterocycles. The summed E-state index contributed by atoms with van der Waals surface area (Å²) >= 11 is 3.59. The van der Waals surface area contributed by atoms with Gasteiger partial charge in [-0.3, -0.25) is 0 Å². The summed E-state index contributed by atoms with van der Waals surface area (Å²) in [4.78, 5) is 7.13. The highest BCUT2D eigenvalue weighted by Crippen LogP contribution is 2.26. The summed E-state index contributed by atoms with van der Waals surface area (Å²) in [7, 11) is 0. The molecule has 102 valence electrons. The van der Waals surface area contributed by atoms with E-state index in [2.05, 4.69) is 50.6 Å². The molecule has 4 nitrogen and oxygen atoms in total. The van der Waals surface area contributed by atoms with Crippen molar-refractivity contribution in [3.63, 3.8) is 0 Å². The lowest BCUT2D eigenvalue weighted by atomic mass is 10.3. The molecule has 0 radical (unpaired) electrons. The summed E-state index contributed by atoms with van der Waals surface area (Å²) in [6.07, 6.45) is 6.36. The lowest BCUT2D eigenvalue weighted by molar-refractivity contribution is 0.123. The fourth-order valence-corrected chi connectivity index (χ4v) is 2.95. The Labute approximate surface area is 121 Å². The van der Waals surface area contributed by atoms with E-state index in [1.165, 1.54) is 5.69 Å². The number of rotatable bonds is 3. The third-order valence-corrected chi connectivity index (χ3v) is 3.84. The number of ether oxygens (including phenoxy) is 1. The standard InChI is InChI=1S/C14H18BrN3O/c1-2-3-12-10-18-9-11(15)8-13(14(18)16-12)17-4-6-19-7-5-17/h8-10H,2-7H2,1H3. The molecule has 2 aromatic heterocycles. The molecule has 0 unspecified atom stereocenters. The highest BCUT2D eigenvalue weighted by Gasteiger charge is 2.16. The van der Waals surface area contributed by atoms with Crippen LogP contribution in [-0.4, -0.2) is 35.7 Å². The first-order chi connectivity index (χ1) is 9.28. The van der Waals surface area contributed by atoms with Crippen molar-refractivity contribution in [2.45, 2.75) is 19.8 Å². The second-order valence-electron chi connectivity index (χ2n) is 4.86. The Morgan fingerprint density at radius 2 is 2.11 bits per heavy atom. The number of morpholine rings is 1. The second-order valence-corrected chi connectivity index (χ2v) is 5.77. The molecule has 2 aromatic rings. The quantitative estimate of drug-likeness (QED) is 0.870. The predicted molar refractivity (Wildman–Crippen MR) is 79.9 cm³/mol. The van der Waals surface area contributed by atoms with Crippen LogP contribution in [-0.2, 0) is 11.2 Å². The maximum Gasteiger partial charge on any atom is 0.160 e. The van der Waals surface area contributed by atoms with Gasteiger partial charge in [0.2, 0.25) is 0 Å². The molecule has 1 fully saturated rings. The molecule has 0 saturated carbocycles. The average molecular weight is 324 g/mol. The number of anilines is 1. The van der Waals surface area contributed by atoms with Crippen molar-refractivity contribution in [2.24, 2.45) is 0 Å². The van der Waals surface area contributed by atoms with Crippen LogP contribution in [0.4, 0.5) is 5.69 Å². The molecular formula is C14H18BrN3O. The van der Waals surface area contributed by atoms with Gasteiger partial charge in [0, 0.05) is 30.0 Å². The topological polar surface area (TPSA) is 29.8 Å². The highest BCUT2D eigenvalue weighted by atomic mass is 79.9. The molecule has 0 aromatic carbocycles. The minimum atomic E-state index is 0.793. The molecule has 0 atom stereocenters. The van der Waals surface area contributed by atoms with Crippen molar-refractivity contribution < 1.29 is 4.74 Å². The fraction of sp³-hybridized carbons (Fsp3) is 0.500. The van der Waals surface area contributed by atoms with Gasteiger partial charge in [-0.25, -0.2) is 4.98 Å². The lowest BCUT2D eigenvalue weighted by Crippen LogP contribution is -2.36. The van der Waals surface area contributed by atoms with Crippen LogP contribution in [0, 0.1) is 0 Å². The number of fused-ring (bicyclic) bond motifs is 1. The summed E-state index contributed by atoms with van der Waals surface area (Å²) in [6, 6.07) is 2.16. The van der Waals surface area contributed by atoms with E-state index >= 15 is 0 Å². The van der Waals surface area contributed by atoms with Gasteiger partial charge in [0.25, 0.3) is 0 Å². The van der Waals surface area contributed by atoms with E-state index in [4.69, 9.17) is 9.72 Å². The van der Waals surface area contributed by atoms with Gasteiger partial charge in [-0.15, -0.1) is 0 Å². The van der Waals surface area contributed by atoms with E-state index in [0.717, 1.165) is 55.0 Å². The van der Waals surface area contributed by atoms with Gasteiger partial charge in [-0.05, 0) is 28.4 Å².